The van der Waals surface area contributed by atoms with Gasteiger partial charge in [-0.3, -0.25) is 4.79 Å². The summed E-state index contributed by atoms with van der Waals surface area (Å²) in [6.07, 6.45) is 0. The van der Waals surface area contributed by atoms with Crippen LogP contribution in [0.4, 0.5) is 0 Å². The van der Waals surface area contributed by atoms with E-state index in [2.05, 4.69) is 4.90 Å². The minimum atomic E-state index is -0.563. The highest BCUT2D eigenvalue weighted by Gasteiger charge is 2.20. The van der Waals surface area contributed by atoms with Crippen molar-refractivity contribution >= 4 is 11.9 Å². The van der Waals surface area contributed by atoms with Gasteiger partial charge in [-0.1, -0.05) is 0 Å². The van der Waals surface area contributed by atoms with Crippen molar-refractivity contribution < 1.29 is 19.4 Å². The van der Waals surface area contributed by atoms with E-state index in [0.717, 1.165) is 13.1 Å². The zero-order chi connectivity index (χ0) is 14.5. The second-order valence-electron chi connectivity index (χ2n) is 4.81. The molecule has 0 radical (unpaired) electrons. The Bertz CT molecular complexity index is 478. The third kappa shape index (κ3) is 3.71. The molecule has 0 aromatic heterocycles. The highest BCUT2D eigenvalue weighted by Crippen LogP contribution is 2.10. The number of carbonyl (C=O) groups is 2. The van der Waals surface area contributed by atoms with Crippen LogP contribution in [0.15, 0.2) is 24.3 Å². The van der Waals surface area contributed by atoms with Gasteiger partial charge in [-0.05, 0) is 31.3 Å². The average Bonchev–Trinajstić information content (AvgIpc) is 2.46. The smallest absolute Gasteiger partial charge is 0.338 e. The number of benzene rings is 1. The number of phenols is 1. The van der Waals surface area contributed by atoms with E-state index in [0.29, 0.717) is 18.7 Å². The van der Waals surface area contributed by atoms with E-state index in [1.807, 2.05) is 7.05 Å². The van der Waals surface area contributed by atoms with Crippen molar-refractivity contribution in [2.45, 2.75) is 0 Å². The lowest BCUT2D eigenvalue weighted by Gasteiger charge is -2.32. The van der Waals surface area contributed by atoms with Crippen LogP contribution < -0.4 is 0 Å². The number of likely N-dealkylation sites (N-methyl/N-ethyl adjacent to an activating group) is 1. The Morgan fingerprint density at radius 3 is 2.35 bits per heavy atom. The van der Waals surface area contributed by atoms with E-state index in [-0.39, 0.29) is 18.3 Å². The number of amides is 1. The van der Waals surface area contributed by atoms with Crippen molar-refractivity contribution in [3.8, 4) is 5.75 Å². The van der Waals surface area contributed by atoms with Gasteiger partial charge in [0.25, 0.3) is 5.91 Å². The number of esters is 1. The lowest BCUT2D eigenvalue weighted by atomic mass is 10.2. The van der Waals surface area contributed by atoms with Gasteiger partial charge in [0.2, 0.25) is 0 Å². The number of hydrogen-bond acceptors (Lipinski definition) is 5. The van der Waals surface area contributed by atoms with Gasteiger partial charge in [-0.15, -0.1) is 0 Å². The largest absolute Gasteiger partial charge is 0.508 e. The minimum Gasteiger partial charge on any atom is -0.508 e. The van der Waals surface area contributed by atoms with Crippen LogP contribution in [-0.2, 0) is 9.53 Å². The predicted molar refractivity (Wildman–Crippen MR) is 72.5 cm³/mol. The number of hydrogen-bond donors (Lipinski definition) is 1. The molecular formula is C14H18N2O4. The second kappa shape index (κ2) is 6.38. The number of rotatable bonds is 3. The number of carbonyl (C=O) groups excluding carboxylic acids is 2. The Hall–Kier alpha value is -2.08. The first kappa shape index (κ1) is 14.3. The standard InChI is InChI=1S/C14H18N2O4/c1-15-6-8-16(9-7-15)13(18)10-20-14(19)11-2-4-12(17)5-3-11/h2-5,17H,6-10H2,1H3. The molecule has 0 bridgehead atoms. The molecule has 20 heavy (non-hydrogen) atoms. The summed E-state index contributed by atoms with van der Waals surface area (Å²) in [6.45, 7) is 2.73. The summed E-state index contributed by atoms with van der Waals surface area (Å²) in [6, 6.07) is 5.72. The summed E-state index contributed by atoms with van der Waals surface area (Å²) in [5, 5.41) is 9.13. The molecule has 1 aliphatic rings. The van der Waals surface area contributed by atoms with Crippen molar-refractivity contribution in [2.24, 2.45) is 0 Å². The zero-order valence-corrected chi connectivity index (χ0v) is 11.4. The SMILES string of the molecule is CN1CCN(C(=O)COC(=O)c2ccc(O)cc2)CC1. The van der Waals surface area contributed by atoms with Crippen LogP contribution in [-0.4, -0.2) is 66.6 Å². The molecule has 1 saturated heterocycles. The molecule has 1 aromatic carbocycles. The van der Waals surface area contributed by atoms with Crippen LogP contribution in [0, 0.1) is 0 Å². The van der Waals surface area contributed by atoms with Crippen LogP contribution in [0.2, 0.25) is 0 Å². The summed E-state index contributed by atoms with van der Waals surface area (Å²) in [7, 11) is 2.01. The molecule has 6 nitrogen and oxygen atoms in total. The van der Waals surface area contributed by atoms with E-state index in [1.54, 1.807) is 4.90 Å². The Morgan fingerprint density at radius 1 is 1.15 bits per heavy atom. The molecule has 108 valence electrons. The van der Waals surface area contributed by atoms with Gasteiger partial charge in [-0.25, -0.2) is 4.79 Å². The fraction of sp³-hybridized carbons (Fsp3) is 0.429. The number of nitrogens with zero attached hydrogens (tertiary/aromatic N) is 2. The first-order valence-electron chi connectivity index (χ1n) is 6.49. The van der Waals surface area contributed by atoms with Gasteiger partial charge in [0.1, 0.15) is 5.75 Å². The van der Waals surface area contributed by atoms with Crippen molar-refractivity contribution in [2.75, 3.05) is 39.8 Å². The number of phenolic OH excluding ortho intramolecular Hbond substituents is 1. The maximum absolute atomic E-state index is 11.9. The highest BCUT2D eigenvalue weighted by atomic mass is 16.5. The Morgan fingerprint density at radius 2 is 1.75 bits per heavy atom. The van der Waals surface area contributed by atoms with Crippen molar-refractivity contribution in [1.29, 1.82) is 0 Å². The van der Waals surface area contributed by atoms with Crippen molar-refractivity contribution in [3.05, 3.63) is 29.8 Å². The maximum atomic E-state index is 11.9. The third-order valence-electron chi connectivity index (χ3n) is 3.29. The van der Waals surface area contributed by atoms with Crippen LogP contribution in [0.1, 0.15) is 10.4 Å². The van der Waals surface area contributed by atoms with Gasteiger partial charge < -0.3 is 19.6 Å². The summed E-state index contributed by atoms with van der Waals surface area (Å²) < 4.78 is 4.98. The molecule has 1 aliphatic heterocycles. The van der Waals surface area contributed by atoms with E-state index in [4.69, 9.17) is 9.84 Å². The number of ether oxygens (including phenoxy) is 1. The Balaban J connectivity index is 1.81. The molecule has 1 aromatic rings. The van der Waals surface area contributed by atoms with Crippen LogP contribution >= 0.6 is 0 Å². The van der Waals surface area contributed by atoms with Crippen molar-refractivity contribution in [3.63, 3.8) is 0 Å². The van der Waals surface area contributed by atoms with Gasteiger partial charge in [-0.2, -0.15) is 0 Å². The zero-order valence-electron chi connectivity index (χ0n) is 11.4. The summed E-state index contributed by atoms with van der Waals surface area (Å²) >= 11 is 0. The van der Waals surface area contributed by atoms with Crippen LogP contribution in [0.25, 0.3) is 0 Å². The van der Waals surface area contributed by atoms with Gasteiger partial charge in [0.05, 0.1) is 5.56 Å². The fourth-order valence-electron chi connectivity index (χ4n) is 1.96. The monoisotopic (exact) mass is 278 g/mol. The van der Waals surface area contributed by atoms with Crippen LogP contribution in [0.3, 0.4) is 0 Å². The molecule has 1 amide bonds. The lowest BCUT2D eigenvalue weighted by molar-refractivity contribution is -0.136. The highest BCUT2D eigenvalue weighted by molar-refractivity contribution is 5.91. The molecular weight excluding hydrogens is 260 g/mol. The predicted octanol–water partition coefficient (Wildman–Crippen LogP) is 0.323. The number of piperazine rings is 1. The molecule has 0 unspecified atom stereocenters. The fourth-order valence-corrected chi connectivity index (χ4v) is 1.96. The second-order valence-corrected chi connectivity index (χ2v) is 4.81. The molecule has 1 N–H and O–H groups in total. The van der Waals surface area contributed by atoms with Crippen molar-refractivity contribution in [1.82, 2.24) is 9.80 Å². The summed E-state index contributed by atoms with van der Waals surface area (Å²) in [4.78, 5) is 27.4. The molecule has 1 fully saturated rings. The van der Waals surface area contributed by atoms with Gasteiger partial charge >= 0.3 is 5.97 Å². The molecule has 1 heterocycles. The van der Waals surface area contributed by atoms with E-state index < -0.39 is 5.97 Å². The summed E-state index contributed by atoms with van der Waals surface area (Å²) in [5.41, 5.74) is 0.314. The topological polar surface area (TPSA) is 70.1 Å². The molecule has 0 saturated carbocycles. The average molecular weight is 278 g/mol. The van der Waals surface area contributed by atoms with E-state index in [1.165, 1.54) is 24.3 Å². The minimum absolute atomic E-state index is 0.0788. The lowest BCUT2D eigenvalue weighted by Crippen LogP contribution is -2.48. The van der Waals surface area contributed by atoms with Crippen LogP contribution in [0.5, 0.6) is 5.75 Å². The van der Waals surface area contributed by atoms with E-state index >= 15 is 0 Å². The third-order valence-corrected chi connectivity index (χ3v) is 3.29. The normalized spacial score (nSPS) is 15.9. The molecule has 0 atom stereocenters. The van der Waals surface area contributed by atoms with Gasteiger partial charge in [0, 0.05) is 26.2 Å². The molecule has 0 spiro atoms. The maximum Gasteiger partial charge on any atom is 0.338 e. The molecule has 0 aliphatic carbocycles. The first-order chi connectivity index (χ1) is 9.56. The molecule has 2 rings (SSSR count). The number of aromatic hydroxyl groups is 1. The quantitative estimate of drug-likeness (QED) is 0.807. The Kier molecular flexibility index (Phi) is 4.57. The molecule has 6 heteroatoms. The summed E-state index contributed by atoms with van der Waals surface area (Å²) in [5.74, 6) is -0.659. The Labute approximate surface area is 117 Å². The first-order valence-corrected chi connectivity index (χ1v) is 6.49. The van der Waals surface area contributed by atoms with Gasteiger partial charge in [0.15, 0.2) is 6.61 Å². The van der Waals surface area contributed by atoms with E-state index in [9.17, 15) is 9.59 Å².